The zero-order valence-corrected chi connectivity index (χ0v) is 15.0. The molecule has 1 amide bonds. The van der Waals surface area contributed by atoms with Crippen molar-refractivity contribution in [2.45, 2.75) is 26.3 Å². The summed E-state index contributed by atoms with van der Waals surface area (Å²) in [5.74, 6) is 1.51. The van der Waals surface area contributed by atoms with Crippen LogP contribution in [0.5, 0.6) is 5.75 Å². The lowest BCUT2D eigenvalue weighted by Crippen LogP contribution is -2.23. The van der Waals surface area contributed by atoms with Gasteiger partial charge in [-0.15, -0.1) is 10.2 Å². The number of carbonyl (C=O) groups is 1. The standard InChI is InChI=1S/C18H21N5O3/c1-12-9-15(23(2)22-12)18-21-20-17(26-18)8-7-16(24)19-11-13-5-4-6-14(10-13)25-3/h4-6,9-10H,7-8,11H2,1-3H3,(H,19,24). The number of hydrogen-bond acceptors (Lipinski definition) is 6. The van der Waals surface area contributed by atoms with Crippen LogP contribution in [0.15, 0.2) is 34.7 Å². The summed E-state index contributed by atoms with van der Waals surface area (Å²) in [4.78, 5) is 12.0. The Hall–Kier alpha value is -3.16. The van der Waals surface area contributed by atoms with Crippen LogP contribution in [0, 0.1) is 6.92 Å². The second kappa shape index (κ2) is 7.81. The molecule has 0 bridgehead atoms. The topological polar surface area (TPSA) is 95.1 Å². The summed E-state index contributed by atoms with van der Waals surface area (Å²) < 4.78 is 12.5. The summed E-state index contributed by atoms with van der Waals surface area (Å²) in [6, 6.07) is 9.45. The van der Waals surface area contributed by atoms with Crippen LogP contribution in [-0.2, 0) is 24.8 Å². The lowest BCUT2D eigenvalue weighted by atomic mass is 10.2. The van der Waals surface area contributed by atoms with Crippen molar-refractivity contribution in [3.8, 4) is 17.3 Å². The second-order valence-corrected chi connectivity index (χ2v) is 5.92. The molecule has 26 heavy (non-hydrogen) atoms. The van der Waals surface area contributed by atoms with Gasteiger partial charge in [0.2, 0.25) is 11.8 Å². The van der Waals surface area contributed by atoms with Crippen LogP contribution >= 0.6 is 0 Å². The first kappa shape index (κ1) is 17.7. The average molecular weight is 355 g/mol. The average Bonchev–Trinajstić information content (AvgIpc) is 3.24. The Bertz CT molecular complexity index is 900. The smallest absolute Gasteiger partial charge is 0.265 e. The highest BCUT2D eigenvalue weighted by molar-refractivity contribution is 5.76. The van der Waals surface area contributed by atoms with Gasteiger partial charge in [0.15, 0.2) is 0 Å². The van der Waals surface area contributed by atoms with Crippen molar-refractivity contribution in [2.75, 3.05) is 7.11 Å². The largest absolute Gasteiger partial charge is 0.497 e. The maximum Gasteiger partial charge on any atom is 0.265 e. The van der Waals surface area contributed by atoms with Gasteiger partial charge in [-0.05, 0) is 30.7 Å². The molecule has 0 saturated heterocycles. The minimum atomic E-state index is -0.0797. The molecule has 0 spiro atoms. The van der Waals surface area contributed by atoms with Crippen molar-refractivity contribution in [3.63, 3.8) is 0 Å². The van der Waals surface area contributed by atoms with Crippen LogP contribution in [0.1, 0.15) is 23.6 Å². The minimum absolute atomic E-state index is 0.0797. The van der Waals surface area contributed by atoms with Crippen LogP contribution in [-0.4, -0.2) is 33.0 Å². The number of aryl methyl sites for hydroxylation is 3. The summed E-state index contributed by atoms with van der Waals surface area (Å²) in [6.07, 6.45) is 0.657. The van der Waals surface area contributed by atoms with Gasteiger partial charge in [0.1, 0.15) is 11.4 Å². The first-order chi connectivity index (χ1) is 12.5. The molecule has 0 unspecified atom stereocenters. The highest BCUT2D eigenvalue weighted by atomic mass is 16.5. The van der Waals surface area contributed by atoms with Gasteiger partial charge >= 0.3 is 0 Å². The predicted octanol–water partition coefficient (Wildman–Crippen LogP) is 2.04. The fourth-order valence-corrected chi connectivity index (χ4v) is 2.56. The summed E-state index contributed by atoms with van der Waals surface area (Å²) in [5, 5.41) is 15.2. The van der Waals surface area contributed by atoms with E-state index in [1.165, 1.54) is 0 Å². The lowest BCUT2D eigenvalue weighted by Gasteiger charge is -2.06. The van der Waals surface area contributed by atoms with E-state index in [-0.39, 0.29) is 12.3 Å². The van der Waals surface area contributed by atoms with Crippen molar-refractivity contribution in [3.05, 3.63) is 47.5 Å². The number of rotatable bonds is 7. The normalized spacial score (nSPS) is 10.7. The van der Waals surface area contributed by atoms with E-state index in [1.807, 2.05) is 44.3 Å². The van der Waals surface area contributed by atoms with Crippen molar-refractivity contribution in [1.82, 2.24) is 25.3 Å². The third-order valence-electron chi connectivity index (χ3n) is 3.88. The maximum absolute atomic E-state index is 12.0. The fourth-order valence-electron chi connectivity index (χ4n) is 2.56. The third-order valence-corrected chi connectivity index (χ3v) is 3.88. The monoisotopic (exact) mass is 355 g/mol. The number of benzene rings is 1. The summed E-state index contributed by atoms with van der Waals surface area (Å²) in [5.41, 5.74) is 2.60. The maximum atomic E-state index is 12.0. The Morgan fingerprint density at radius 1 is 1.31 bits per heavy atom. The molecule has 1 aromatic carbocycles. The molecule has 0 saturated carbocycles. The molecule has 2 heterocycles. The highest BCUT2D eigenvalue weighted by Crippen LogP contribution is 2.18. The number of carbonyl (C=O) groups excluding carboxylic acids is 1. The minimum Gasteiger partial charge on any atom is -0.497 e. The molecule has 1 N–H and O–H groups in total. The molecule has 0 aliphatic rings. The Morgan fingerprint density at radius 2 is 2.15 bits per heavy atom. The van der Waals surface area contributed by atoms with Crippen LogP contribution < -0.4 is 10.1 Å². The molecule has 3 aromatic rings. The molecule has 136 valence electrons. The van der Waals surface area contributed by atoms with Gasteiger partial charge in [0.05, 0.1) is 12.8 Å². The van der Waals surface area contributed by atoms with E-state index in [0.29, 0.717) is 24.7 Å². The Balaban J connectivity index is 1.51. The van der Waals surface area contributed by atoms with E-state index in [0.717, 1.165) is 22.7 Å². The first-order valence-electron chi connectivity index (χ1n) is 8.28. The molecule has 0 aliphatic heterocycles. The molecule has 0 radical (unpaired) electrons. The van der Waals surface area contributed by atoms with Gasteiger partial charge in [0.25, 0.3) is 5.89 Å². The summed E-state index contributed by atoms with van der Waals surface area (Å²) >= 11 is 0. The molecule has 0 aliphatic carbocycles. The Morgan fingerprint density at radius 3 is 2.88 bits per heavy atom. The van der Waals surface area contributed by atoms with E-state index in [2.05, 4.69) is 20.6 Å². The number of aromatic nitrogens is 4. The van der Waals surface area contributed by atoms with Gasteiger partial charge in [-0.2, -0.15) is 5.10 Å². The van der Waals surface area contributed by atoms with Crippen LogP contribution in [0.3, 0.4) is 0 Å². The van der Waals surface area contributed by atoms with Crippen LogP contribution in [0.25, 0.3) is 11.6 Å². The van der Waals surface area contributed by atoms with E-state index >= 15 is 0 Å². The van der Waals surface area contributed by atoms with Crippen molar-refractivity contribution >= 4 is 5.91 Å². The zero-order valence-electron chi connectivity index (χ0n) is 15.0. The molecule has 8 heteroatoms. The molecule has 2 aromatic heterocycles. The number of amides is 1. The molecule has 0 fully saturated rings. The van der Waals surface area contributed by atoms with E-state index in [4.69, 9.17) is 9.15 Å². The molecular formula is C18H21N5O3. The Kier molecular flexibility index (Phi) is 5.31. The highest BCUT2D eigenvalue weighted by Gasteiger charge is 2.14. The van der Waals surface area contributed by atoms with Crippen LogP contribution in [0.2, 0.25) is 0 Å². The predicted molar refractivity (Wildman–Crippen MR) is 94.4 cm³/mol. The van der Waals surface area contributed by atoms with E-state index < -0.39 is 0 Å². The van der Waals surface area contributed by atoms with Gasteiger partial charge in [-0.1, -0.05) is 12.1 Å². The van der Waals surface area contributed by atoms with Gasteiger partial charge in [-0.3, -0.25) is 9.48 Å². The molecular weight excluding hydrogens is 334 g/mol. The summed E-state index contributed by atoms with van der Waals surface area (Å²) in [7, 11) is 3.43. The van der Waals surface area contributed by atoms with E-state index in [1.54, 1.807) is 11.8 Å². The number of nitrogens with zero attached hydrogens (tertiary/aromatic N) is 4. The Labute approximate surface area is 151 Å². The quantitative estimate of drug-likeness (QED) is 0.697. The lowest BCUT2D eigenvalue weighted by molar-refractivity contribution is -0.121. The number of ether oxygens (including phenoxy) is 1. The van der Waals surface area contributed by atoms with Crippen LogP contribution in [0.4, 0.5) is 0 Å². The number of methoxy groups -OCH3 is 1. The van der Waals surface area contributed by atoms with Crippen molar-refractivity contribution in [1.29, 1.82) is 0 Å². The van der Waals surface area contributed by atoms with Gasteiger partial charge in [0, 0.05) is 26.4 Å². The SMILES string of the molecule is COc1cccc(CNC(=O)CCc2nnc(-c3cc(C)nn3C)o2)c1. The molecule has 3 rings (SSSR count). The van der Waals surface area contributed by atoms with E-state index in [9.17, 15) is 4.79 Å². The van der Waals surface area contributed by atoms with Gasteiger partial charge < -0.3 is 14.5 Å². The zero-order chi connectivity index (χ0) is 18.5. The number of nitrogens with one attached hydrogen (secondary N) is 1. The fraction of sp³-hybridized carbons (Fsp3) is 0.333. The number of hydrogen-bond donors (Lipinski definition) is 1. The van der Waals surface area contributed by atoms with Crippen molar-refractivity contribution in [2.24, 2.45) is 7.05 Å². The molecule has 0 atom stereocenters. The third kappa shape index (κ3) is 4.27. The van der Waals surface area contributed by atoms with Crippen molar-refractivity contribution < 1.29 is 13.9 Å². The molecule has 8 nitrogen and oxygen atoms in total. The summed E-state index contributed by atoms with van der Waals surface area (Å²) in [6.45, 7) is 2.34. The van der Waals surface area contributed by atoms with Gasteiger partial charge in [-0.25, -0.2) is 0 Å². The first-order valence-corrected chi connectivity index (χ1v) is 8.28. The second-order valence-electron chi connectivity index (χ2n) is 5.92.